The Kier molecular flexibility index (Phi) is 9.59. The van der Waals surface area contributed by atoms with Gasteiger partial charge in [0.25, 0.3) is 0 Å². The number of hydrogen-bond acceptors (Lipinski definition) is 7. The predicted molar refractivity (Wildman–Crippen MR) is 143 cm³/mol. The van der Waals surface area contributed by atoms with Crippen LogP contribution in [-0.2, 0) is 30.3 Å². The van der Waals surface area contributed by atoms with E-state index in [2.05, 4.69) is 15.5 Å². The first kappa shape index (κ1) is 28.4. The predicted octanol–water partition coefficient (Wildman–Crippen LogP) is 3.50. The first-order chi connectivity index (χ1) is 18.0. The molecule has 0 saturated heterocycles. The van der Waals surface area contributed by atoms with Crippen LogP contribution in [0, 0.1) is 0 Å². The Morgan fingerprint density at radius 1 is 1.13 bits per heavy atom. The maximum absolute atomic E-state index is 12.7. The Balaban J connectivity index is 1.54. The first-order valence-electron chi connectivity index (χ1n) is 12.3. The molecular weight excluding hydrogens is 488 g/mol. The highest BCUT2D eigenvalue weighted by atomic mass is 16.6. The third-order valence-corrected chi connectivity index (χ3v) is 5.60. The van der Waals surface area contributed by atoms with E-state index >= 15 is 0 Å². The summed E-state index contributed by atoms with van der Waals surface area (Å²) in [4.78, 5) is 45.8. The third-order valence-electron chi connectivity index (χ3n) is 5.60. The quantitative estimate of drug-likeness (QED) is 0.292. The summed E-state index contributed by atoms with van der Waals surface area (Å²) >= 11 is 0. The summed E-state index contributed by atoms with van der Waals surface area (Å²) in [5, 5.41) is 7.07. The number of rotatable bonds is 9. The molecule has 0 aromatic heterocycles. The normalized spacial score (nSPS) is 16.2. The summed E-state index contributed by atoms with van der Waals surface area (Å²) < 4.78 is 9.94. The van der Waals surface area contributed by atoms with Crippen molar-refractivity contribution in [3.05, 3.63) is 71.3 Å². The van der Waals surface area contributed by atoms with Gasteiger partial charge in [-0.3, -0.25) is 9.59 Å². The van der Waals surface area contributed by atoms with Crippen LogP contribution >= 0.6 is 0 Å². The number of aliphatic imine (C=N–C) groups is 1. The fraction of sp³-hybridized carbons (Fsp3) is 0.393. The molecule has 1 heterocycles. The molecule has 0 fully saturated rings. The van der Waals surface area contributed by atoms with E-state index in [-0.39, 0.29) is 24.6 Å². The van der Waals surface area contributed by atoms with Crippen molar-refractivity contribution in [3.8, 4) is 0 Å². The molecule has 0 saturated carbocycles. The number of nitrogens with zero attached hydrogens (tertiary/aromatic N) is 2. The number of hydrogen-bond donors (Lipinski definition) is 2. The second-order valence-electron chi connectivity index (χ2n) is 9.96. The van der Waals surface area contributed by atoms with E-state index in [4.69, 9.17) is 20.0 Å². The van der Waals surface area contributed by atoms with Gasteiger partial charge in [-0.05, 0) is 38.3 Å². The van der Waals surface area contributed by atoms with E-state index in [9.17, 15) is 14.4 Å². The van der Waals surface area contributed by atoms with Crippen LogP contribution in [0.1, 0.15) is 56.7 Å². The molecule has 2 aromatic carbocycles. The summed E-state index contributed by atoms with van der Waals surface area (Å²) in [6.45, 7) is 5.24. The standard InChI is InChI=1S/C28H34N4O6/c1-28(2,3)37-27(35)31-26(29)20-12-10-19(11-13-20)23-16-22(38-32-23)17-24(33)30-21(15-25(34)36-4)14-18-8-6-5-7-9-18/h5-13,21-22H,14-17H2,1-4H3,(H,30,33)(H2,29,31,35)/t21-,22?/m1/s1. The van der Waals surface area contributed by atoms with Gasteiger partial charge in [0.2, 0.25) is 5.91 Å². The van der Waals surface area contributed by atoms with E-state index in [1.807, 2.05) is 30.3 Å². The van der Waals surface area contributed by atoms with Crippen LogP contribution in [0.2, 0.25) is 0 Å². The summed E-state index contributed by atoms with van der Waals surface area (Å²) in [6, 6.07) is 16.3. The summed E-state index contributed by atoms with van der Waals surface area (Å²) in [5.41, 5.74) is 8.33. The summed E-state index contributed by atoms with van der Waals surface area (Å²) in [5.74, 6) is -0.589. The fourth-order valence-electron chi connectivity index (χ4n) is 3.84. The van der Waals surface area contributed by atoms with E-state index in [0.29, 0.717) is 24.1 Å². The van der Waals surface area contributed by atoms with Gasteiger partial charge in [-0.1, -0.05) is 59.8 Å². The van der Waals surface area contributed by atoms with Crippen molar-refractivity contribution in [2.75, 3.05) is 7.11 Å². The Hall–Kier alpha value is -4.21. The van der Waals surface area contributed by atoms with E-state index in [1.165, 1.54) is 7.11 Å². The van der Waals surface area contributed by atoms with Crippen molar-refractivity contribution in [2.45, 2.75) is 64.2 Å². The number of carbonyl (C=O) groups is 3. The van der Waals surface area contributed by atoms with Crippen molar-refractivity contribution < 1.29 is 28.7 Å². The Morgan fingerprint density at radius 2 is 1.82 bits per heavy atom. The number of amidine groups is 1. The zero-order valence-electron chi connectivity index (χ0n) is 22.1. The number of nitrogens with one attached hydrogen (secondary N) is 1. The lowest BCUT2D eigenvalue weighted by atomic mass is 10.0. The van der Waals surface area contributed by atoms with Crippen molar-refractivity contribution in [1.29, 1.82) is 0 Å². The fourth-order valence-corrected chi connectivity index (χ4v) is 3.84. The Morgan fingerprint density at radius 3 is 2.45 bits per heavy atom. The van der Waals surface area contributed by atoms with Crippen LogP contribution in [-0.4, -0.2) is 54.4 Å². The van der Waals surface area contributed by atoms with Crippen LogP contribution in [0.5, 0.6) is 0 Å². The number of esters is 1. The summed E-state index contributed by atoms with van der Waals surface area (Å²) in [7, 11) is 1.32. The molecule has 2 aromatic rings. The first-order valence-corrected chi connectivity index (χ1v) is 12.3. The van der Waals surface area contributed by atoms with Crippen molar-refractivity contribution in [3.63, 3.8) is 0 Å². The molecule has 0 aliphatic carbocycles. The largest absolute Gasteiger partial charge is 0.469 e. The van der Waals surface area contributed by atoms with Crippen LogP contribution in [0.3, 0.4) is 0 Å². The van der Waals surface area contributed by atoms with Crippen molar-refractivity contribution >= 4 is 29.5 Å². The van der Waals surface area contributed by atoms with Crippen LogP contribution in [0.15, 0.2) is 64.7 Å². The number of methoxy groups -OCH3 is 1. The van der Waals surface area contributed by atoms with Gasteiger partial charge in [-0.2, -0.15) is 4.99 Å². The van der Waals surface area contributed by atoms with Crippen molar-refractivity contribution in [2.24, 2.45) is 15.9 Å². The third kappa shape index (κ3) is 9.02. The molecule has 2 amide bonds. The molecule has 10 nitrogen and oxygen atoms in total. The second kappa shape index (κ2) is 12.8. The average molecular weight is 523 g/mol. The highest BCUT2D eigenvalue weighted by Crippen LogP contribution is 2.20. The topological polar surface area (TPSA) is 142 Å². The van der Waals surface area contributed by atoms with Crippen molar-refractivity contribution in [1.82, 2.24) is 5.32 Å². The molecule has 0 spiro atoms. The van der Waals surface area contributed by atoms with Crippen LogP contribution in [0.4, 0.5) is 4.79 Å². The summed E-state index contributed by atoms with van der Waals surface area (Å²) in [6.07, 6.45) is -0.0919. The lowest BCUT2D eigenvalue weighted by Gasteiger charge is -2.19. The molecule has 38 heavy (non-hydrogen) atoms. The van der Waals surface area contributed by atoms with Gasteiger partial charge in [-0.15, -0.1) is 0 Å². The molecule has 10 heteroatoms. The van der Waals surface area contributed by atoms with Gasteiger partial charge >= 0.3 is 12.1 Å². The van der Waals surface area contributed by atoms with Gasteiger partial charge in [0.15, 0.2) is 0 Å². The van der Waals surface area contributed by atoms with Gasteiger partial charge in [-0.25, -0.2) is 4.79 Å². The second-order valence-corrected chi connectivity index (χ2v) is 9.96. The zero-order chi connectivity index (χ0) is 27.7. The molecule has 2 atom stereocenters. The highest BCUT2D eigenvalue weighted by molar-refractivity contribution is 6.05. The number of nitrogens with two attached hydrogens (primary N) is 1. The van der Waals surface area contributed by atoms with E-state index in [1.54, 1.807) is 45.0 Å². The minimum absolute atomic E-state index is 0.0435. The zero-order valence-corrected chi connectivity index (χ0v) is 22.1. The number of amides is 2. The molecule has 3 rings (SSSR count). The van der Waals surface area contributed by atoms with Gasteiger partial charge in [0.1, 0.15) is 17.5 Å². The monoisotopic (exact) mass is 522 g/mol. The number of ether oxygens (including phenoxy) is 2. The minimum Gasteiger partial charge on any atom is -0.469 e. The lowest BCUT2D eigenvalue weighted by molar-refractivity contribution is -0.141. The maximum Gasteiger partial charge on any atom is 0.436 e. The van der Waals surface area contributed by atoms with E-state index in [0.717, 1.165) is 11.1 Å². The molecule has 0 bridgehead atoms. The van der Waals surface area contributed by atoms with Crippen LogP contribution < -0.4 is 11.1 Å². The molecule has 1 aliphatic rings. The molecule has 1 aliphatic heterocycles. The maximum atomic E-state index is 12.7. The highest BCUT2D eigenvalue weighted by Gasteiger charge is 2.26. The number of benzene rings is 2. The SMILES string of the molecule is COC(=O)C[C@@H](Cc1ccccc1)NC(=O)CC1CC(c2ccc(/C(N)=N/C(=O)OC(C)(C)C)cc2)=NO1. The molecule has 3 N–H and O–H groups in total. The Bertz CT molecular complexity index is 1190. The average Bonchev–Trinajstić information content (AvgIpc) is 3.31. The molecule has 202 valence electrons. The van der Waals surface area contributed by atoms with Gasteiger partial charge in [0, 0.05) is 18.0 Å². The number of oxime groups is 1. The lowest BCUT2D eigenvalue weighted by Crippen LogP contribution is -2.39. The van der Waals surface area contributed by atoms with Crippen LogP contribution in [0.25, 0.3) is 0 Å². The van der Waals surface area contributed by atoms with E-state index < -0.39 is 29.8 Å². The molecule has 1 unspecified atom stereocenters. The molecular formula is C28H34N4O6. The number of carbonyl (C=O) groups excluding carboxylic acids is 3. The Labute approximate surface area is 222 Å². The smallest absolute Gasteiger partial charge is 0.436 e. The minimum atomic E-state index is -0.758. The van der Waals surface area contributed by atoms with Gasteiger partial charge in [0.05, 0.1) is 25.7 Å². The molecule has 0 radical (unpaired) electrons. The van der Waals surface area contributed by atoms with Gasteiger partial charge < -0.3 is 25.4 Å².